The molecule has 2 rings (SSSR count). The minimum absolute atomic E-state index is 0.417. The van der Waals surface area contributed by atoms with Gasteiger partial charge in [0.05, 0.1) is 0 Å². The number of carboxylic acid groups (broad SMARTS) is 1. The molecule has 1 heterocycles. The predicted octanol–water partition coefficient (Wildman–Crippen LogP) is 1.15. The van der Waals surface area contributed by atoms with Crippen molar-refractivity contribution in [2.45, 2.75) is 37.8 Å². The minimum Gasteiger partial charge on any atom is -0.480 e. The summed E-state index contributed by atoms with van der Waals surface area (Å²) >= 11 is 0. The highest BCUT2D eigenvalue weighted by Gasteiger charge is 2.27. The molecule has 0 bridgehead atoms. The number of nitrogens with one attached hydrogen (secondary N) is 1. The van der Waals surface area contributed by atoms with Gasteiger partial charge in [0.2, 0.25) is 0 Å². The highest BCUT2D eigenvalue weighted by molar-refractivity contribution is 5.73. The van der Waals surface area contributed by atoms with Crippen LogP contribution in [-0.2, 0) is 11.2 Å². The van der Waals surface area contributed by atoms with Crippen LogP contribution in [0.1, 0.15) is 25.0 Å². The Morgan fingerprint density at radius 3 is 2.90 bits per heavy atom. The lowest BCUT2D eigenvalue weighted by molar-refractivity contribution is -0.139. The Hall–Kier alpha value is -1.46. The molecule has 20 heavy (non-hydrogen) atoms. The first-order valence-electron chi connectivity index (χ1n) is 7.22. The first-order chi connectivity index (χ1) is 9.65. The first kappa shape index (κ1) is 14.9. The number of carboxylic acids is 1. The first-order valence-corrected chi connectivity index (χ1v) is 7.22. The molecule has 1 saturated carbocycles. The molecule has 1 aliphatic carbocycles. The van der Waals surface area contributed by atoms with E-state index >= 15 is 0 Å². The van der Waals surface area contributed by atoms with Gasteiger partial charge < -0.3 is 15.3 Å². The van der Waals surface area contributed by atoms with Crippen molar-refractivity contribution in [2.75, 3.05) is 20.1 Å². The van der Waals surface area contributed by atoms with Gasteiger partial charge in [-0.05, 0) is 45.0 Å². The van der Waals surface area contributed by atoms with Crippen molar-refractivity contribution in [1.82, 2.24) is 15.2 Å². The SMILES string of the molecule is CN(CCc1ccccn1)CCC(NC1CC1)C(=O)O. The number of nitrogens with zero attached hydrogens (tertiary/aromatic N) is 2. The van der Waals surface area contributed by atoms with Crippen LogP contribution in [0.5, 0.6) is 0 Å². The molecule has 0 amide bonds. The Kier molecular flexibility index (Phi) is 5.49. The van der Waals surface area contributed by atoms with Gasteiger partial charge in [-0.2, -0.15) is 0 Å². The Labute approximate surface area is 120 Å². The lowest BCUT2D eigenvalue weighted by Crippen LogP contribution is -2.40. The molecule has 1 aromatic heterocycles. The highest BCUT2D eigenvalue weighted by Crippen LogP contribution is 2.20. The summed E-state index contributed by atoms with van der Waals surface area (Å²) in [5, 5.41) is 12.4. The molecule has 2 N–H and O–H groups in total. The van der Waals surface area contributed by atoms with Crippen molar-refractivity contribution in [2.24, 2.45) is 0 Å². The van der Waals surface area contributed by atoms with E-state index < -0.39 is 12.0 Å². The van der Waals surface area contributed by atoms with Crippen LogP contribution in [-0.4, -0.2) is 53.2 Å². The number of hydrogen-bond donors (Lipinski definition) is 2. The molecule has 0 saturated heterocycles. The maximum Gasteiger partial charge on any atom is 0.320 e. The van der Waals surface area contributed by atoms with Gasteiger partial charge in [-0.15, -0.1) is 0 Å². The van der Waals surface area contributed by atoms with Crippen molar-refractivity contribution >= 4 is 5.97 Å². The fourth-order valence-electron chi connectivity index (χ4n) is 2.13. The zero-order chi connectivity index (χ0) is 14.4. The fraction of sp³-hybridized carbons (Fsp3) is 0.600. The predicted molar refractivity (Wildman–Crippen MR) is 77.6 cm³/mol. The van der Waals surface area contributed by atoms with Gasteiger partial charge in [-0.25, -0.2) is 0 Å². The molecule has 1 unspecified atom stereocenters. The molecule has 110 valence electrons. The van der Waals surface area contributed by atoms with Crippen molar-refractivity contribution < 1.29 is 9.90 Å². The number of carbonyl (C=O) groups is 1. The molecule has 5 nitrogen and oxygen atoms in total. The second-order valence-electron chi connectivity index (χ2n) is 5.49. The van der Waals surface area contributed by atoms with E-state index in [0.717, 1.165) is 38.0 Å². The van der Waals surface area contributed by atoms with Crippen molar-refractivity contribution in [3.05, 3.63) is 30.1 Å². The maximum atomic E-state index is 11.2. The molecular weight excluding hydrogens is 254 g/mol. The average molecular weight is 277 g/mol. The summed E-state index contributed by atoms with van der Waals surface area (Å²) in [5.41, 5.74) is 1.07. The average Bonchev–Trinajstić information content (AvgIpc) is 3.26. The van der Waals surface area contributed by atoms with E-state index in [0.29, 0.717) is 12.5 Å². The molecular formula is C15H23N3O2. The van der Waals surface area contributed by atoms with Crippen LogP contribution in [0.25, 0.3) is 0 Å². The second-order valence-corrected chi connectivity index (χ2v) is 5.49. The molecule has 5 heteroatoms. The molecule has 1 aromatic rings. The Morgan fingerprint density at radius 1 is 1.50 bits per heavy atom. The van der Waals surface area contributed by atoms with Gasteiger partial charge in [-0.3, -0.25) is 9.78 Å². The van der Waals surface area contributed by atoms with Crippen molar-refractivity contribution in [1.29, 1.82) is 0 Å². The monoisotopic (exact) mass is 277 g/mol. The lowest BCUT2D eigenvalue weighted by atomic mass is 10.2. The molecule has 0 aliphatic heterocycles. The Balaban J connectivity index is 1.67. The van der Waals surface area contributed by atoms with E-state index in [1.807, 2.05) is 25.2 Å². The smallest absolute Gasteiger partial charge is 0.320 e. The number of rotatable bonds is 9. The van der Waals surface area contributed by atoms with Gasteiger partial charge in [0, 0.05) is 30.9 Å². The molecule has 0 spiro atoms. The van der Waals surface area contributed by atoms with Gasteiger partial charge >= 0.3 is 5.97 Å². The number of pyridine rings is 1. The zero-order valence-corrected chi connectivity index (χ0v) is 12.0. The molecule has 1 atom stereocenters. The van der Waals surface area contributed by atoms with Gasteiger partial charge in [0.15, 0.2) is 0 Å². The fourth-order valence-corrected chi connectivity index (χ4v) is 2.13. The normalized spacial score (nSPS) is 16.3. The van der Waals surface area contributed by atoms with E-state index in [2.05, 4.69) is 15.2 Å². The van der Waals surface area contributed by atoms with E-state index in [9.17, 15) is 9.90 Å². The number of likely N-dealkylation sites (N-methyl/N-ethyl adjacent to an activating group) is 1. The summed E-state index contributed by atoms with van der Waals surface area (Å²) in [7, 11) is 2.03. The summed E-state index contributed by atoms with van der Waals surface area (Å²) in [6.07, 6.45) is 5.56. The van der Waals surface area contributed by atoms with Crippen LogP contribution in [0.4, 0.5) is 0 Å². The second kappa shape index (κ2) is 7.36. The third-order valence-electron chi connectivity index (χ3n) is 3.59. The van der Waals surface area contributed by atoms with E-state index in [-0.39, 0.29) is 0 Å². The Morgan fingerprint density at radius 2 is 2.30 bits per heavy atom. The van der Waals surface area contributed by atoms with Crippen molar-refractivity contribution in [3.8, 4) is 0 Å². The van der Waals surface area contributed by atoms with Crippen LogP contribution >= 0.6 is 0 Å². The summed E-state index contributed by atoms with van der Waals surface area (Å²) < 4.78 is 0. The largest absolute Gasteiger partial charge is 0.480 e. The number of aliphatic carboxylic acids is 1. The topological polar surface area (TPSA) is 65.5 Å². The summed E-state index contributed by atoms with van der Waals surface area (Å²) in [6.45, 7) is 1.68. The molecule has 1 aliphatic rings. The number of hydrogen-bond acceptors (Lipinski definition) is 4. The van der Waals surface area contributed by atoms with E-state index in [1.54, 1.807) is 6.20 Å². The van der Waals surface area contributed by atoms with Crippen LogP contribution in [0.15, 0.2) is 24.4 Å². The maximum absolute atomic E-state index is 11.2. The zero-order valence-electron chi connectivity index (χ0n) is 12.0. The van der Waals surface area contributed by atoms with Crippen molar-refractivity contribution in [3.63, 3.8) is 0 Å². The third kappa shape index (κ3) is 5.27. The third-order valence-corrected chi connectivity index (χ3v) is 3.59. The van der Waals surface area contributed by atoms with E-state index in [4.69, 9.17) is 0 Å². The summed E-state index contributed by atoms with van der Waals surface area (Å²) in [5.74, 6) is -0.741. The molecule has 0 aromatic carbocycles. The molecule has 0 radical (unpaired) electrons. The number of aromatic nitrogens is 1. The van der Waals surface area contributed by atoms with E-state index in [1.165, 1.54) is 0 Å². The highest BCUT2D eigenvalue weighted by atomic mass is 16.4. The van der Waals surface area contributed by atoms with Gasteiger partial charge in [-0.1, -0.05) is 6.07 Å². The summed E-state index contributed by atoms with van der Waals surface area (Å²) in [6, 6.07) is 5.92. The van der Waals surface area contributed by atoms with Crippen LogP contribution < -0.4 is 5.32 Å². The van der Waals surface area contributed by atoms with Gasteiger partial charge in [0.25, 0.3) is 0 Å². The van der Waals surface area contributed by atoms with Gasteiger partial charge in [0.1, 0.15) is 6.04 Å². The minimum atomic E-state index is -0.741. The Bertz CT molecular complexity index is 420. The van der Waals surface area contributed by atoms with Crippen LogP contribution in [0.2, 0.25) is 0 Å². The lowest BCUT2D eigenvalue weighted by Gasteiger charge is -2.20. The summed E-state index contributed by atoms with van der Waals surface area (Å²) in [4.78, 5) is 17.6. The quantitative estimate of drug-likeness (QED) is 0.709. The van der Waals surface area contributed by atoms with Crippen LogP contribution in [0, 0.1) is 0 Å². The molecule has 1 fully saturated rings. The standard InChI is InChI=1S/C15H23N3O2/c1-18(10-7-12-4-2-3-9-16-12)11-8-14(15(19)20)17-13-5-6-13/h2-4,9,13-14,17H,5-8,10-11H2,1H3,(H,19,20). The van der Waals surface area contributed by atoms with Crippen LogP contribution in [0.3, 0.4) is 0 Å².